The van der Waals surface area contributed by atoms with E-state index in [9.17, 15) is 9.18 Å². The molecule has 1 aromatic rings. The molecule has 0 N–H and O–H groups in total. The van der Waals surface area contributed by atoms with Crippen LogP contribution in [0.5, 0.6) is 0 Å². The zero-order valence-electron chi connectivity index (χ0n) is 12.2. The molecule has 1 aromatic carbocycles. The zero-order valence-corrected chi connectivity index (χ0v) is 12.2. The van der Waals surface area contributed by atoms with E-state index in [1.54, 1.807) is 12.1 Å². The van der Waals surface area contributed by atoms with Gasteiger partial charge in [-0.15, -0.1) is 0 Å². The van der Waals surface area contributed by atoms with E-state index in [-0.39, 0.29) is 17.8 Å². The average molecular weight is 293 g/mol. The number of carbonyl (C=O) groups is 1. The largest absolute Gasteiger partial charge is 0.380 e. The maximum Gasteiger partial charge on any atom is 0.254 e. The van der Waals surface area contributed by atoms with Gasteiger partial charge < -0.3 is 4.74 Å². The molecular weight excluding hydrogens is 273 g/mol. The van der Waals surface area contributed by atoms with E-state index in [1.807, 2.05) is 6.92 Å². The number of ether oxygens (including phenoxy) is 1. The molecule has 2 aliphatic rings. The summed E-state index contributed by atoms with van der Waals surface area (Å²) in [6.07, 6.45) is 2.42. The highest BCUT2D eigenvalue weighted by Crippen LogP contribution is 2.37. The minimum absolute atomic E-state index is 0.0333. The van der Waals surface area contributed by atoms with Gasteiger partial charge in [-0.05, 0) is 37.5 Å². The van der Waals surface area contributed by atoms with E-state index < -0.39 is 5.41 Å². The number of carbonyl (C=O) groups excluding carboxylic acids is 1. The van der Waals surface area contributed by atoms with E-state index in [1.165, 1.54) is 17.2 Å². The maximum atomic E-state index is 13.1. The van der Waals surface area contributed by atoms with Gasteiger partial charge in [0, 0.05) is 13.0 Å². The molecule has 21 heavy (non-hydrogen) atoms. The number of halogens is 1. The molecule has 2 atom stereocenters. The zero-order chi connectivity index (χ0) is 14.9. The minimum atomic E-state index is -0.527. The Bertz CT molecular complexity index is 511. The Morgan fingerprint density at radius 3 is 2.76 bits per heavy atom. The van der Waals surface area contributed by atoms with Gasteiger partial charge in [-0.3, -0.25) is 9.63 Å². The van der Waals surface area contributed by atoms with E-state index in [2.05, 4.69) is 0 Å². The van der Waals surface area contributed by atoms with E-state index in [0.29, 0.717) is 19.8 Å². The molecule has 2 fully saturated rings. The Morgan fingerprint density at radius 1 is 1.33 bits per heavy atom. The topological polar surface area (TPSA) is 38.8 Å². The summed E-state index contributed by atoms with van der Waals surface area (Å²) in [5.74, 6) is -0.308. The van der Waals surface area contributed by atoms with Crippen molar-refractivity contribution in [2.75, 3.05) is 19.8 Å². The average Bonchev–Trinajstić information content (AvgIpc) is 2.97. The summed E-state index contributed by atoms with van der Waals surface area (Å²) in [7, 11) is 0. The number of rotatable bonds is 2. The normalized spacial score (nSPS) is 29.6. The maximum absolute atomic E-state index is 13.1. The van der Waals surface area contributed by atoms with Gasteiger partial charge in [-0.1, -0.05) is 12.1 Å². The number of hydrogen-bond acceptors (Lipinski definition) is 3. The quantitative estimate of drug-likeness (QED) is 0.841. The van der Waals surface area contributed by atoms with E-state index in [0.717, 1.165) is 24.8 Å². The van der Waals surface area contributed by atoms with Crippen molar-refractivity contribution in [1.29, 1.82) is 0 Å². The van der Waals surface area contributed by atoms with Crippen molar-refractivity contribution >= 4 is 5.91 Å². The van der Waals surface area contributed by atoms with Crippen molar-refractivity contribution in [3.05, 3.63) is 35.6 Å². The predicted octanol–water partition coefficient (Wildman–Crippen LogP) is 2.85. The van der Waals surface area contributed by atoms with E-state index >= 15 is 0 Å². The van der Waals surface area contributed by atoms with Crippen molar-refractivity contribution in [3.63, 3.8) is 0 Å². The van der Waals surface area contributed by atoms with Crippen LogP contribution in [0, 0.1) is 11.2 Å². The van der Waals surface area contributed by atoms with E-state index in [4.69, 9.17) is 9.57 Å². The van der Waals surface area contributed by atoms with Crippen molar-refractivity contribution in [1.82, 2.24) is 5.06 Å². The molecule has 0 saturated carbocycles. The molecule has 0 bridgehead atoms. The Labute approximate surface area is 123 Å². The molecule has 0 spiro atoms. The number of hydrogen-bond donors (Lipinski definition) is 0. The first-order valence-corrected chi connectivity index (χ1v) is 7.40. The Kier molecular flexibility index (Phi) is 3.95. The summed E-state index contributed by atoms with van der Waals surface area (Å²) in [5.41, 5.74) is 0.378. The molecular formula is C16H20FNO3. The lowest BCUT2D eigenvalue weighted by atomic mass is 9.83. The lowest BCUT2D eigenvalue weighted by Crippen LogP contribution is -2.45. The summed E-state index contributed by atoms with van der Waals surface area (Å²) >= 11 is 0. The molecule has 0 aromatic heterocycles. The molecule has 114 valence electrons. The third-order valence-corrected chi connectivity index (χ3v) is 4.31. The fraction of sp³-hybridized carbons (Fsp3) is 0.562. The summed E-state index contributed by atoms with van der Waals surface area (Å²) in [6, 6.07) is 6.13. The van der Waals surface area contributed by atoms with Crippen molar-refractivity contribution < 1.29 is 18.8 Å². The van der Waals surface area contributed by atoms with Gasteiger partial charge in [0.15, 0.2) is 0 Å². The molecule has 2 saturated heterocycles. The lowest BCUT2D eigenvalue weighted by Gasteiger charge is -2.36. The number of benzene rings is 1. The monoisotopic (exact) mass is 293 g/mol. The fourth-order valence-corrected chi connectivity index (χ4v) is 3.03. The van der Waals surface area contributed by atoms with Crippen LogP contribution in [0.2, 0.25) is 0 Å². The van der Waals surface area contributed by atoms with Crippen LogP contribution in [-0.2, 0) is 14.4 Å². The van der Waals surface area contributed by atoms with Gasteiger partial charge in [-0.2, -0.15) is 0 Å². The second-order valence-electron chi connectivity index (χ2n) is 6.04. The number of amides is 1. The van der Waals surface area contributed by atoms with Crippen molar-refractivity contribution in [2.45, 2.75) is 32.2 Å². The Hall–Kier alpha value is -1.46. The van der Waals surface area contributed by atoms with Crippen molar-refractivity contribution in [2.24, 2.45) is 5.41 Å². The Morgan fingerprint density at radius 2 is 2.10 bits per heavy atom. The van der Waals surface area contributed by atoms with Crippen LogP contribution in [0.3, 0.4) is 0 Å². The molecule has 1 amide bonds. The number of nitrogens with zero attached hydrogens (tertiary/aromatic N) is 1. The molecule has 2 heterocycles. The van der Waals surface area contributed by atoms with Crippen LogP contribution in [0.4, 0.5) is 4.39 Å². The summed E-state index contributed by atoms with van der Waals surface area (Å²) in [5, 5.41) is 1.47. The van der Waals surface area contributed by atoms with Gasteiger partial charge in [0.2, 0.25) is 0 Å². The Balaban J connectivity index is 1.80. The highest BCUT2D eigenvalue weighted by molar-refractivity contribution is 5.82. The minimum Gasteiger partial charge on any atom is -0.380 e. The summed E-state index contributed by atoms with van der Waals surface area (Å²) in [6.45, 7) is 3.58. The molecule has 3 rings (SSSR count). The summed E-state index contributed by atoms with van der Waals surface area (Å²) < 4.78 is 18.5. The lowest BCUT2D eigenvalue weighted by molar-refractivity contribution is -0.193. The molecule has 2 aliphatic heterocycles. The van der Waals surface area contributed by atoms with Gasteiger partial charge in [0.25, 0.3) is 5.91 Å². The third-order valence-electron chi connectivity index (χ3n) is 4.31. The molecule has 0 radical (unpaired) electrons. The van der Waals surface area contributed by atoms with Gasteiger partial charge in [-0.25, -0.2) is 9.45 Å². The highest BCUT2D eigenvalue weighted by atomic mass is 19.1. The molecule has 4 nitrogen and oxygen atoms in total. The first-order chi connectivity index (χ1) is 10.1. The first-order valence-electron chi connectivity index (χ1n) is 7.40. The fourth-order valence-electron chi connectivity index (χ4n) is 3.03. The van der Waals surface area contributed by atoms with Crippen LogP contribution >= 0.6 is 0 Å². The predicted molar refractivity (Wildman–Crippen MR) is 74.7 cm³/mol. The summed E-state index contributed by atoms with van der Waals surface area (Å²) in [4.78, 5) is 18.4. The smallest absolute Gasteiger partial charge is 0.254 e. The molecule has 0 unspecified atom stereocenters. The van der Waals surface area contributed by atoms with Gasteiger partial charge in [0.05, 0.1) is 24.7 Å². The highest BCUT2D eigenvalue weighted by Gasteiger charge is 2.43. The number of hydroxylamine groups is 2. The SMILES string of the molecule is C[C@]1(C(=O)N2OCC[C@H]2c2ccc(F)cc2)CCCOC1. The van der Waals surface area contributed by atoms with Crippen LogP contribution in [0.25, 0.3) is 0 Å². The van der Waals surface area contributed by atoms with Crippen LogP contribution in [0.1, 0.15) is 37.8 Å². The van der Waals surface area contributed by atoms with Crippen LogP contribution < -0.4 is 0 Å². The molecule has 0 aliphatic carbocycles. The van der Waals surface area contributed by atoms with Crippen molar-refractivity contribution in [3.8, 4) is 0 Å². The molecule has 5 heteroatoms. The first kappa shape index (κ1) is 14.5. The van der Waals surface area contributed by atoms with Crippen LogP contribution in [-0.4, -0.2) is 30.8 Å². The second kappa shape index (κ2) is 5.73. The van der Waals surface area contributed by atoms with Gasteiger partial charge >= 0.3 is 0 Å². The second-order valence-corrected chi connectivity index (χ2v) is 6.04. The standard InChI is InChI=1S/C16H20FNO3/c1-16(8-2-9-20-11-16)15(19)18-14(7-10-21-18)12-3-5-13(17)6-4-12/h3-6,14H,2,7-11H2,1H3/t14-,16-/m0/s1. The van der Waals surface area contributed by atoms with Crippen LogP contribution in [0.15, 0.2) is 24.3 Å². The van der Waals surface area contributed by atoms with Gasteiger partial charge in [0.1, 0.15) is 5.82 Å². The third kappa shape index (κ3) is 2.80.